The SMILES string of the molecule is CSc1ccc(CN(C)C(=O)c2cnn(-c3ccccc3)n2)cc1. The summed E-state index contributed by atoms with van der Waals surface area (Å²) in [5, 5.41) is 8.46. The van der Waals surface area contributed by atoms with Gasteiger partial charge >= 0.3 is 0 Å². The molecule has 5 nitrogen and oxygen atoms in total. The molecule has 0 atom stereocenters. The number of hydrogen-bond acceptors (Lipinski definition) is 4. The molecule has 3 aromatic rings. The molecule has 1 aromatic heterocycles. The molecule has 122 valence electrons. The molecule has 0 saturated heterocycles. The van der Waals surface area contributed by atoms with Crippen LogP contribution in [0.25, 0.3) is 5.69 Å². The molecule has 24 heavy (non-hydrogen) atoms. The van der Waals surface area contributed by atoms with Gasteiger partial charge in [-0.15, -0.1) is 16.9 Å². The van der Waals surface area contributed by atoms with Gasteiger partial charge < -0.3 is 4.90 Å². The second-order valence-electron chi connectivity index (χ2n) is 5.36. The van der Waals surface area contributed by atoms with Gasteiger partial charge in [-0.05, 0) is 36.1 Å². The highest BCUT2D eigenvalue weighted by Gasteiger charge is 2.16. The maximum Gasteiger partial charge on any atom is 0.276 e. The molecular weight excluding hydrogens is 320 g/mol. The lowest BCUT2D eigenvalue weighted by molar-refractivity contribution is 0.0779. The van der Waals surface area contributed by atoms with Gasteiger partial charge in [0.1, 0.15) is 0 Å². The number of benzene rings is 2. The van der Waals surface area contributed by atoms with Crippen LogP contribution in [0.3, 0.4) is 0 Å². The monoisotopic (exact) mass is 338 g/mol. The first-order valence-corrected chi connectivity index (χ1v) is 8.76. The molecule has 1 amide bonds. The fourth-order valence-electron chi connectivity index (χ4n) is 2.32. The molecule has 0 unspecified atom stereocenters. The van der Waals surface area contributed by atoms with E-state index in [1.54, 1.807) is 23.7 Å². The largest absolute Gasteiger partial charge is 0.336 e. The number of carbonyl (C=O) groups excluding carboxylic acids is 1. The Bertz CT molecular complexity index is 815. The van der Waals surface area contributed by atoms with Crippen molar-refractivity contribution >= 4 is 17.7 Å². The van der Waals surface area contributed by atoms with E-state index in [1.165, 1.54) is 15.9 Å². The minimum Gasteiger partial charge on any atom is -0.336 e. The first kappa shape index (κ1) is 16.3. The van der Waals surface area contributed by atoms with E-state index in [0.717, 1.165) is 11.3 Å². The smallest absolute Gasteiger partial charge is 0.276 e. The van der Waals surface area contributed by atoms with Gasteiger partial charge in [0, 0.05) is 18.5 Å². The second kappa shape index (κ2) is 7.31. The summed E-state index contributed by atoms with van der Waals surface area (Å²) in [6.45, 7) is 0.533. The molecule has 0 N–H and O–H groups in total. The number of nitrogens with zero attached hydrogens (tertiary/aromatic N) is 4. The van der Waals surface area contributed by atoms with Crippen LogP contribution in [-0.2, 0) is 6.54 Å². The number of thioether (sulfide) groups is 1. The third-order valence-corrected chi connectivity index (χ3v) is 4.37. The zero-order chi connectivity index (χ0) is 16.9. The molecule has 0 spiro atoms. The average Bonchev–Trinajstić information content (AvgIpc) is 3.12. The quantitative estimate of drug-likeness (QED) is 0.670. The summed E-state index contributed by atoms with van der Waals surface area (Å²) in [6.07, 6.45) is 3.55. The predicted octanol–water partition coefficient (Wildman–Crippen LogP) is 3.26. The van der Waals surface area contributed by atoms with E-state index in [1.807, 2.05) is 48.7 Å². The summed E-state index contributed by atoms with van der Waals surface area (Å²) in [7, 11) is 1.77. The molecule has 2 aromatic carbocycles. The first-order valence-electron chi connectivity index (χ1n) is 7.53. The van der Waals surface area contributed by atoms with Gasteiger partial charge in [-0.1, -0.05) is 30.3 Å². The zero-order valence-electron chi connectivity index (χ0n) is 13.6. The first-order chi connectivity index (χ1) is 11.7. The van der Waals surface area contributed by atoms with E-state index in [9.17, 15) is 4.79 Å². The number of para-hydroxylation sites is 1. The van der Waals surface area contributed by atoms with E-state index in [0.29, 0.717) is 12.2 Å². The highest BCUT2D eigenvalue weighted by Crippen LogP contribution is 2.16. The highest BCUT2D eigenvalue weighted by molar-refractivity contribution is 7.98. The summed E-state index contributed by atoms with van der Waals surface area (Å²) in [5.41, 5.74) is 2.24. The fourth-order valence-corrected chi connectivity index (χ4v) is 2.73. The molecule has 0 radical (unpaired) electrons. The Hall–Kier alpha value is -2.60. The van der Waals surface area contributed by atoms with Crippen molar-refractivity contribution in [2.75, 3.05) is 13.3 Å². The molecular formula is C18H18N4OS. The van der Waals surface area contributed by atoms with Crippen molar-refractivity contribution in [1.82, 2.24) is 19.9 Å². The highest BCUT2D eigenvalue weighted by atomic mass is 32.2. The zero-order valence-corrected chi connectivity index (χ0v) is 14.4. The molecule has 1 heterocycles. The summed E-state index contributed by atoms with van der Waals surface area (Å²) in [5.74, 6) is -0.147. The molecule has 0 aliphatic carbocycles. The Kier molecular flexibility index (Phi) is 4.96. The number of carbonyl (C=O) groups is 1. The van der Waals surface area contributed by atoms with Crippen LogP contribution >= 0.6 is 11.8 Å². The molecule has 6 heteroatoms. The van der Waals surface area contributed by atoms with Gasteiger partial charge in [0.25, 0.3) is 5.91 Å². The van der Waals surface area contributed by atoms with Crippen LogP contribution in [0.2, 0.25) is 0 Å². The van der Waals surface area contributed by atoms with E-state index >= 15 is 0 Å². The Morgan fingerprint density at radius 2 is 1.83 bits per heavy atom. The lowest BCUT2D eigenvalue weighted by Crippen LogP contribution is -2.26. The minimum absolute atomic E-state index is 0.147. The standard InChI is InChI=1S/C18H18N4OS/c1-21(13-14-8-10-16(24-2)11-9-14)18(23)17-12-19-22(20-17)15-6-4-3-5-7-15/h3-12H,13H2,1-2H3. The van der Waals surface area contributed by atoms with Crippen LogP contribution in [-0.4, -0.2) is 39.1 Å². The molecule has 0 saturated carbocycles. The van der Waals surface area contributed by atoms with Crippen LogP contribution in [0.15, 0.2) is 65.7 Å². The topological polar surface area (TPSA) is 51.0 Å². The normalized spacial score (nSPS) is 10.6. The number of rotatable bonds is 5. The molecule has 0 aliphatic heterocycles. The minimum atomic E-state index is -0.147. The molecule has 0 aliphatic rings. The van der Waals surface area contributed by atoms with Gasteiger partial charge in [-0.3, -0.25) is 4.79 Å². The van der Waals surface area contributed by atoms with Crippen molar-refractivity contribution in [2.24, 2.45) is 0 Å². The van der Waals surface area contributed by atoms with Crippen molar-refractivity contribution in [1.29, 1.82) is 0 Å². The van der Waals surface area contributed by atoms with E-state index in [-0.39, 0.29) is 5.91 Å². The lowest BCUT2D eigenvalue weighted by Gasteiger charge is -2.15. The van der Waals surface area contributed by atoms with Gasteiger partial charge in [0.15, 0.2) is 5.69 Å². The van der Waals surface area contributed by atoms with Crippen molar-refractivity contribution in [3.8, 4) is 5.69 Å². The van der Waals surface area contributed by atoms with Crippen molar-refractivity contribution < 1.29 is 4.79 Å². The predicted molar refractivity (Wildman–Crippen MR) is 95.4 cm³/mol. The van der Waals surface area contributed by atoms with Gasteiger partial charge in [-0.2, -0.15) is 9.90 Å². The van der Waals surface area contributed by atoms with E-state index in [4.69, 9.17) is 0 Å². The summed E-state index contributed by atoms with van der Waals surface area (Å²) in [6, 6.07) is 17.7. The van der Waals surface area contributed by atoms with Crippen LogP contribution in [0.5, 0.6) is 0 Å². The van der Waals surface area contributed by atoms with Crippen molar-refractivity contribution in [3.05, 3.63) is 72.1 Å². The van der Waals surface area contributed by atoms with Crippen molar-refractivity contribution in [2.45, 2.75) is 11.4 Å². The van der Waals surface area contributed by atoms with Gasteiger partial charge in [0.05, 0.1) is 11.9 Å². The fraction of sp³-hybridized carbons (Fsp3) is 0.167. The van der Waals surface area contributed by atoms with Crippen LogP contribution in [0.4, 0.5) is 0 Å². The Morgan fingerprint density at radius 3 is 2.50 bits per heavy atom. The lowest BCUT2D eigenvalue weighted by atomic mass is 10.2. The van der Waals surface area contributed by atoms with Gasteiger partial charge in [0.2, 0.25) is 0 Å². The number of aromatic nitrogens is 3. The summed E-state index contributed by atoms with van der Waals surface area (Å²) < 4.78 is 0. The number of hydrogen-bond donors (Lipinski definition) is 0. The number of amides is 1. The van der Waals surface area contributed by atoms with Crippen LogP contribution in [0.1, 0.15) is 16.1 Å². The average molecular weight is 338 g/mol. The van der Waals surface area contributed by atoms with Crippen molar-refractivity contribution in [3.63, 3.8) is 0 Å². The van der Waals surface area contributed by atoms with Gasteiger partial charge in [-0.25, -0.2) is 0 Å². The van der Waals surface area contributed by atoms with E-state index < -0.39 is 0 Å². The van der Waals surface area contributed by atoms with E-state index in [2.05, 4.69) is 22.3 Å². The van der Waals surface area contributed by atoms with Crippen LogP contribution < -0.4 is 0 Å². The summed E-state index contributed by atoms with van der Waals surface area (Å²) in [4.78, 5) is 16.8. The Balaban J connectivity index is 1.70. The molecule has 0 fully saturated rings. The summed E-state index contributed by atoms with van der Waals surface area (Å²) >= 11 is 1.70. The Labute approximate surface area is 145 Å². The maximum absolute atomic E-state index is 12.5. The maximum atomic E-state index is 12.5. The second-order valence-corrected chi connectivity index (χ2v) is 6.24. The third-order valence-electron chi connectivity index (χ3n) is 3.62. The molecule has 3 rings (SSSR count). The third kappa shape index (κ3) is 3.65. The van der Waals surface area contributed by atoms with Crippen LogP contribution in [0, 0.1) is 0 Å². The molecule has 0 bridgehead atoms. The Morgan fingerprint density at radius 1 is 1.12 bits per heavy atom.